The van der Waals surface area contributed by atoms with Crippen LogP contribution in [0.15, 0.2) is 11.6 Å². The number of rotatable bonds is 2. The van der Waals surface area contributed by atoms with Crippen LogP contribution in [0, 0.1) is 13.8 Å². The van der Waals surface area contributed by atoms with Crippen LogP contribution in [0.25, 0.3) is 6.08 Å². The van der Waals surface area contributed by atoms with Crippen molar-refractivity contribution in [1.29, 1.82) is 0 Å². The topological polar surface area (TPSA) is 42.2 Å². The zero-order chi connectivity index (χ0) is 10.9. The summed E-state index contributed by atoms with van der Waals surface area (Å²) < 4.78 is 2.04. The molecule has 0 unspecified atom stereocenters. The summed E-state index contributed by atoms with van der Waals surface area (Å²) >= 11 is 0. The lowest BCUT2D eigenvalue weighted by molar-refractivity contribution is -0.132. The molecule has 76 valence electrons. The second-order valence-electron chi connectivity index (χ2n) is 3.52. The molecule has 0 radical (unpaired) electrons. The molecule has 0 fully saturated rings. The zero-order valence-electron chi connectivity index (χ0n) is 8.96. The van der Waals surface area contributed by atoms with Crippen LogP contribution in [0.4, 0.5) is 0 Å². The van der Waals surface area contributed by atoms with E-state index >= 15 is 0 Å². The van der Waals surface area contributed by atoms with Gasteiger partial charge in [0.1, 0.15) is 0 Å². The van der Waals surface area contributed by atoms with Crippen molar-refractivity contribution >= 4 is 12.0 Å². The molecular weight excluding hydrogens is 178 g/mol. The zero-order valence-corrected chi connectivity index (χ0v) is 8.96. The van der Waals surface area contributed by atoms with E-state index in [2.05, 4.69) is 0 Å². The molecule has 1 N–H and O–H groups in total. The molecule has 3 nitrogen and oxygen atoms in total. The van der Waals surface area contributed by atoms with E-state index in [4.69, 9.17) is 5.11 Å². The van der Waals surface area contributed by atoms with Gasteiger partial charge in [0.25, 0.3) is 0 Å². The van der Waals surface area contributed by atoms with Crippen LogP contribution in [0.1, 0.15) is 23.9 Å². The van der Waals surface area contributed by atoms with Crippen molar-refractivity contribution in [3.8, 4) is 0 Å². The Bertz CT molecular complexity index is 400. The van der Waals surface area contributed by atoms with Gasteiger partial charge in [0.2, 0.25) is 0 Å². The Labute approximate surface area is 83.7 Å². The van der Waals surface area contributed by atoms with Crippen molar-refractivity contribution in [2.24, 2.45) is 7.05 Å². The van der Waals surface area contributed by atoms with Gasteiger partial charge in [-0.2, -0.15) is 0 Å². The van der Waals surface area contributed by atoms with Gasteiger partial charge in [0.05, 0.1) is 0 Å². The van der Waals surface area contributed by atoms with E-state index < -0.39 is 5.97 Å². The van der Waals surface area contributed by atoms with Gasteiger partial charge in [0.15, 0.2) is 0 Å². The van der Waals surface area contributed by atoms with Crippen molar-refractivity contribution in [3.05, 3.63) is 28.6 Å². The molecule has 0 atom stereocenters. The number of aryl methyl sites for hydroxylation is 1. The molecule has 0 bridgehead atoms. The third-order valence-corrected chi connectivity index (χ3v) is 2.52. The predicted octanol–water partition coefficient (Wildman–Crippen LogP) is 2.13. The summed E-state index contributed by atoms with van der Waals surface area (Å²) in [6.07, 6.45) is 1.70. The Morgan fingerprint density at radius 3 is 2.43 bits per heavy atom. The second kappa shape index (κ2) is 3.70. The molecule has 1 aromatic rings. The van der Waals surface area contributed by atoms with Gasteiger partial charge in [0, 0.05) is 24.0 Å². The standard InChI is InChI=1S/C11H15NO2/c1-7(11(13)14)5-10-6-8(2)12(4)9(10)3/h5-6H,1-4H3,(H,13,14)/b7-5-. The Hall–Kier alpha value is -1.51. The van der Waals surface area contributed by atoms with Crippen molar-refractivity contribution in [2.75, 3.05) is 0 Å². The summed E-state index contributed by atoms with van der Waals surface area (Å²) in [5, 5.41) is 8.74. The monoisotopic (exact) mass is 193 g/mol. The van der Waals surface area contributed by atoms with Crippen LogP contribution in [-0.2, 0) is 11.8 Å². The maximum absolute atomic E-state index is 10.6. The van der Waals surface area contributed by atoms with E-state index in [0.29, 0.717) is 5.57 Å². The quantitative estimate of drug-likeness (QED) is 0.731. The molecule has 0 aliphatic rings. The first-order valence-electron chi connectivity index (χ1n) is 4.48. The summed E-state index contributed by atoms with van der Waals surface area (Å²) in [5.74, 6) is -0.870. The molecule has 0 aromatic carbocycles. The molecule has 0 amide bonds. The number of hydrogen-bond acceptors (Lipinski definition) is 1. The summed E-state index contributed by atoms with van der Waals surface area (Å²) in [6, 6.07) is 1.99. The second-order valence-corrected chi connectivity index (χ2v) is 3.52. The molecule has 3 heteroatoms. The van der Waals surface area contributed by atoms with Gasteiger partial charge in [-0.15, -0.1) is 0 Å². The number of aliphatic carboxylic acids is 1. The number of carboxylic acid groups (broad SMARTS) is 1. The highest BCUT2D eigenvalue weighted by Gasteiger charge is 2.06. The van der Waals surface area contributed by atoms with E-state index in [0.717, 1.165) is 17.0 Å². The average Bonchev–Trinajstić information content (AvgIpc) is 2.33. The van der Waals surface area contributed by atoms with Crippen LogP contribution < -0.4 is 0 Å². The summed E-state index contributed by atoms with van der Waals surface area (Å²) in [5.41, 5.74) is 3.55. The van der Waals surface area contributed by atoms with Crippen molar-refractivity contribution < 1.29 is 9.90 Å². The predicted molar refractivity (Wildman–Crippen MR) is 56.2 cm³/mol. The molecule has 14 heavy (non-hydrogen) atoms. The summed E-state index contributed by atoms with van der Waals surface area (Å²) in [4.78, 5) is 10.6. The number of nitrogens with zero attached hydrogens (tertiary/aromatic N) is 1. The third kappa shape index (κ3) is 1.87. The van der Waals surface area contributed by atoms with Crippen LogP contribution in [-0.4, -0.2) is 15.6 Å². The first-order chi connectivity index (χ1) is 6.43. The fraction of sp³-hybridized carbons (Fsp3) is 0.364. The van der Waals surface area contributed by atoms with E-state index in [1.54, 1.807) is 13.0 Å². The minimum absolute atomic E-state index is 0.360. The van der Waals surface area contributed by atoms with Gasteiger partial charge in [-0.1, -0.05) is 0 Å². The maximum atomic E-state index is 10.6. The van der Waals surface area contributed by atoms with Gasteiger partial charge in [-0.05, 0) is 38.5 Å². The van der Waals surface area contributed by atoms with Crippen LogP contribution in [0.2, 0.25) is 0 Å². The molecule has 1 aromatic heterocycles. The van der Waals surface area contributed by atoms with Crippen LogP contribution >= 0.6 is 0 Å². The number of carboxylic acids is 1. The Balaban J connectivity index is 3.16. The molecule has 0 saturated heterocycles. The fourth-order valence-electron chi connectivity index (χ4n) is 1.33. The largest absolute Gasteiger partial charge is 0.478 e. The summed E-state index contributed by atoms with van der Waals surface area (Å²) in [7, 11) is 1.97. The molecule has 1 rings (SSSR count). The van der Waals surface area contributed by atoms with Crippen LogP contribution in [0.3, 0.4) is 0 Å². The number of hydrogen-bond donors (Lipinski definition) is 1. The molecule has 0 saturated carbocycles. The van der Waals surface area contributed by atoms with E-state index in [1.165, 1.54) is 0 Å². The average molecular weight is 193 g/mol. The molecule has 0 aliphatic heterocycles. The lowest BCUT2D eigenvalue weighted by Crippen LogP contribution is -1.96. The van der Waals surface area contributed by atoms with Gasteiger partial charge >= 0.3 is 5.97 Å². The highest BCUT2D eigenvalue weighted by Crippen LogP contribution is 2.16. The maximum Gasteiger partial charge on any atom is 0.331 e. The lowest BCUT2D eigenvalue weighted by atomic mass is 10.1. The first kappa shape index (κ1) is 10.6. The Kier molecular flexibility index (Phi) is 2.79. The number of aromatic nitrogens is 1. The highest BCUT2D eigenvalue weighted by atomic mass is 16.4. The van der Waals surface area contributed by atoms with Crippen molar-refractivity contribution in [1.82, 2.24) is 4.57 Å². The lowest BCUT2D eigenvalue weighted by Gasteiger charge is -1.99. The van der Waals surface area contributed by atoms with Crippen molar-refractivity contribution in [3.63, 3.8) is 0 Å². The van der Waals surface area contributed by atoms with E-state index in [1.807, 2.05) is 31.5 Å². The first-order valence-corrected chi connectivity index (χ1v) is 4.48. The Morgan fingerprint density at radius 1 is 1.50 bits per heavy atom. The van der Waals surface area contributed by atoms with Gasteiger partial charge < -0.3 is 9.67 Å². The smallest absolute Gasteiger partial charge is 0.331 e. The number of carbonyl (C=O) groups is 1. The molecular formula is C11H15NO2. The fourth-order valence-corrected chi connectivity index (χ4v) is 1.33. The molecule has 1 heterocycles. The van der Waals surface area contributed by atoms with Crippen molar-refractivity contribution in [2.45, 2.75) is 20.8 Å². The van der Waals surface area contributed by atoms with Gasteiger partial charge in [-0.25, -0.2) is 4.79 Å². The third-order valence-electron chi connectivity index (χ3n) is 2.52. The molecule has 0 aliphatic carbocycles. The SMILES string of the molecule is C/C(=C/c1cc(C)n(C)c1C)C(=O)O. The minimum Gasteiger partial charge on any atom is -0.478 e. The van der Waals surface area contributed by atoms with E-state index in [9.17, 15) is 4.79 Å². The summed E-state index contributed by atoms with van der Waals surface area (Å²) in [6.45, 7) is 5.58. The Morgan fingerprint density at radius 2 is 2.07 bits per heavy atom. The van der Waals surface area contributed by atoms with Gasteiger partial charge in [-0.3, -0.25) is 0 Å². The minimum atomic E-state index is -0.870. The highest BCUT2D eigenvalue weighted by molar-refractivity contribution is 5.91. The normalized spacial score (nSPS) is 11.9. The molecule has 0 spiro atoms. The van der Waals surface area contributed by atoms with Crippen LogP contribution in [0.5, 0.6) is 0 Å². The van der Waals surface area contributed by atoms with E-state index in [-0.39, 0.29) is 0 Å².